The maximum atomic E-state index is 5.83. The molecule has 1 aromatic carbocycles. The van der Waals surface area contributed by atoms with Crippen LogP contribution in [0.2, 0.25) is 0 Å². The van der Waals surface area contributed by atoms with Crippen LogP contribution in [0.4, 0.5) is 0 Å². The van der Waals surface area contributed by atoms with E-state index in [1.54, 1.807) is 0 Å². The molecule has 2 unspecified atom stereocenters. The predicted molar refractivity (Wildman–Crippen MR) is 111 cm³/mol. The lowest BCUT2D eigenvalue weighted by Gasteiger charge is -2.26. The molecule has 0 amide bonds. The zero-order valence-corrected chi connectivity index (χ0v) is 18.4. The van der Waals surface area contributed by atoms with Crippen LogP contribution in [-0.4, -0.2) is 19.9 Å². The molecule has 148 valence electrons. The van der Waals surface area contributed by atoms with Gasteiger partial charge in [0, 0.05) is 19.1 Å². The lowest BCUT2D eigenvalue weighted by Crippen LogP contribution is -2.22. The summed E-state index contributed by atoms with van der Waals surface area (Å²) in [5, 5.41) is 3.40. The molecular weight excluding hydrogens is 310 g/mol. The number of hydrogen-bond acceptors (Lipinski definition) is 3. The van der Waals surface area contributed by atoms with Gasteiger partial charge in [-0.15, -0.1) is 0 Å². The van der Waals surface area contributed by atoms with Crippen molar-refractivity contribution >= 4 is 0 Å². The molecule has 0 radical (unpaired) electrons. The highest BCUT2D eigenvalue weighted by Crippen LogP contribution is 2.30. The minimum atomic E-state index is -0.157. The van der Waals surface area contributed by atoms with Crippen LogP contribution in [0.25, 0.3) is 0 Å². The fraction of sp³-hybridized carbons (Fsp3) is 0.727. The summed E-state index contributed by atoms with van der Waals surface area (Å²) in [5.74, 6) is 0.865. The zero-order chi connectivity index (χ0) is 19.9. The Bertz CT molecular complexity index is 395. The Labute approximate surface area is 157 Å². The molecule has 0 aliphatic heterocycles. The van der Waals surface area contributed by atoms with Gasteiger partial charge in [-0.25, -0.2) is 0 Å². The van der Waals surface area contributed by atoms with E-state index in [4.69, 9.17) is 9.47 Å². The first kappa shape index (κ1) is 26.2. The molecule has 0 saturated heterocycles. The first-order chi connectivity index (χ1) is 11.9. The van der Waals surface area contributed by atoms with Crippen molar-refractivity contribution in [3.8, 4) is 5.75 Å². The Morgan fingerprint density at radius 3 is 1.84 bits per heavy atom. The summed E-state index contributed by atoms with van der Waals surface area (Å²) in [7, 11) is 2.02. The highest BCUT2D eigenvalue weighted by atomic mass is 16.7. The maximum absolute atomic E-state index is 5.83. The number of benzene rings is 1. The molecule has 2 atom stereocenters. The summed E-state index contributed by atoms with van der Waals surface area (Å²) in [4.78, 5) is 0. The molecule has 0 saturated carbocycles. The molecule has 1 N–H and O–H groups in total. The first-order valence-electron chi connectivity index (χ1n) is 9.95. The molecule has 1 rings (SSSR count). The highest BCUT2D eigenvalue weighted by Gasteiger charge is 2.19. The van der Waals surface area contributed by atoms with Gasteiger partial charge in [-0.05, 0) is 43.5 Å². The van der Waals surface area contributed by atoms with Crippen LogP contribution in [0.15, 0.2) is 24.3 Å². The monoisotopic (exact) mass is 353 g/mol. The van der Waals surface area contributed by atoms with Gasteiger partial charge in [0.1, 0.15) is 5.75 Å². The van der Waals surface area contributed by atoms with Gasteiger partial charge in [0.2, 0.25) is 0 Å². The van der Waals surface area contributed by atoms with Gasteiger partial charge in [0.25, 0.3) is 0 Å². The first-order valence-corrected chi connectivity index (χ1v) is 9.95. The van der Waals surface area contributed by atoms with Crippen LogP contribution in [0.3, 0.4) is 0 Å². The van der Waals surface area contributed by atoms with E-state index in [0.717, 1.165) is 18.6 Å². The normalized spacial score (nSPS) is 12.9. The maximum Gasteiger partial charge on any atom is 0.199 e. The lowest BCUT2D eigenvalue weighted by atomic mass is 9.85. The second-order valence-electron chi connectivity index (χ2n) is 6.59. The van der Waals surface area contributed by atoms with Crippen LogP contribution in [0.1, 0.15) is 86.8 Å². The third kappa shape index (κ3) is 12.0. The fourth-order valence-electron chi connectivity index (χ4n) is 2.35. The van der Waals surface area contributed by atoms with E-state index < -0.39 is 0 Å². The summed E-state index contributed by atoms with van der Waals surface area (Å²) in [6.07, 6.45) is 1.79. The second-order valence-corrected chi connectivity index (χ2v) is 6.59. The Kier molecular flexibility index (Phi) is 15.9. The Hall–Kier alpha value is -1.06. The smallest absolute Gasteiger partial charge is 0.199 e. The van der Waals surface area contributed by atoms with Gasteiger partial charge < -0.3 is 14.8 Å². The molecule has 0 aliphatic carbocycles. The van der Waals surface area contributed by atoms with Gasteiger partial charge in [-0.2, -0.15) is 0 Å². The Morgan fingerprint density at radius 2 is 1.48 bits per heavy atom. The van der Waals surface area contributed by atoms with Crippen molar-refractivity contribution in [2.75, 3.05) is 13.7 Å². The zero-order valence-electron chi connectivity index (χ0n) is 18.4. The molecule has 0 aromatic heterocycles. The van der Waals surface area contributed by atoms with Crippen LogP contribution in [0, 0.1) is 5.41 Å². The van der Waals surface area contributed by atoms with Gasteiger partial charge in [-0.1, -0.05) is 67.5 Å². The third-order valence-electron chi connectivity index (χ3n) is 3.40. The summed E-state index contributed by atoms with van der Waals surface area (Å²) in [5.41, 5.74) is 1.59. The largest absolute Gasteiger partial charge is 0.465 e. The van der Waals surface area contributed by atoms with Crippen molar-refractivity contribution in [1.82, 2.24) is 5.32 Å². The number of nitrogens with one attached hydrogen (secondary N) is 1. The standard InChI is InChI=1S/C18H31NO2.2C2H6/c1-7-17(20-8-2)21-15-11-9-14(10-12-15)16(19-6)13-18(3,4)5;2*1-2/h9-12,16-17,19H,7-8,13H2,1-6H3;2*1-2H3. The van der Waals surface area contributed by atoms with E-state index in [1.165, 1.54) is 5.56 Å². The van der Waals surface area contributed by atoms with Crippen LogP contribution < -0.4 is 10.1 Å². The molecule has 0 fully saturated rings. The minimum Gasteiger partial charge on any atom is -0.465 e. The van der Waals surface area contributed by atoms with Gasteiger partial charge in [0.15, 0.2) is 6.29 Å². The van der Waals surface area contributed by atoms with Crippen molar-refractivity contribution in [3.63, 3.8) is 0 Å². The minimum absolute atomic E-state index is 0.157. The second kappa shape index (κ2) is 15.2. The van der Waals surface area contributed by atoms with Crippen LogP contribution in [-0.2, 0) is 4.74 Å². The van der Waals surface area contributed by atoms with Gasteiger partial charge in [0.05, 0.1) is 0 Å². The van der Waals surface area contributed by atoms with E-state index >= 15 is 0 Å². The van der Waals surface area contributed by atoms with E-state index in [1.807, 2.05) is 53.8 Å². The Balaban J connectivity index is 0. The highest BCUT2D eigenvalue weighted by molar-refractivity contribution is 5.29. The van der Waals surface area contributed by atoms with Crippen molar-refractivity contribution in [2.24, 2.45) is 5.41 Å². The predicted octanol–water partition coefficient (Wildman–Crippen LogP) is 6.59. The molecule has 1 aromatic rings. The molecule has 0 heterocycles. The van der Waals surface area contributed by atoms with Crippen molar-refractivity contribution in [3.05, 3.63) is 29.8 Å². The van der Waals surface area contributed by atoms with Crippen LogP contribution >= 0.6 is 0 Å². The van der Waals surface area contributed by atoms with Gasteiger partial charge >= 0.3 is 0 Å². The summed E-state index contributed by atoms with van der Waals surface area (Å²) in [6.45, 7) is 19.5. The van der Waals surface area contributed by atoms with Crippen LogP contribution in [0.5, 0.6) is 5.75 Å². The number of hydrogen-bond donors (Lipinski definition) is 1. The van der Waals surface area contributed by atoms with E-state index in [-0.39, 0.29) is 6.29 Å². The quantitative estimate of drug-likeness (QED) is 0.535. The fourth-order valence-corrected chi connectivity index (χ4v) is 2.35. The van der Waals surface area contributed by atoms with Gasteiger partial charge in [-0.3, -0.25) is 0 Å². The average Bonchev–Trinajstić information content (AvgIpc) is 2.62. The summed E-state index contributed by atoms with van der Waals surface area (Å²) < 4.78 is 11.4. The van der Waals surface area contributed by atoms with Crippen molar-refractivity contribution in [2.45, 2.75) is 87.5 Å². The summed E-state index contributed by atoms with van der Waals surface area (Å²) in [6, 6.07) is 8.71. The molecule has 0 spiro atoms. The molecule has 3 nitrogen and oxygen atoms in total. The molecule has 25 heavy (non-hydrogen) atoms. The lowest BCUT2D eigenvalue weighted by molar-refractivity contribution is -0.0766. The van der Waals surface area contributed by atoms with E-state index in [0.29, 0.717) is 18.1 Å². The number of rotatable bonds is 8. The SMILES string of the molecule is CC.CC.CCOC(CC)Oc1ccc(C(CC(C)(C)C)NC)cc1. The van der Waals surface area contributed by atoms with Crippen molar-refractivity contribution < 1.29 is 9.47 Å². The topological polar surface area (TPSA) is 30.5 Å². The van der Waals surface area contributed by atoms with E-state index in [9.17, 15) is 0 Å². The van der Waals surface area contributed by atoms with E-state index in [2.05, 4.69) is 45.1 Å². The molecule has 0 aliphatic rings. The summed E-state index contributed by atoms with van der Waals surface area (Å²) >= 11 is 0. The molecule has 0 bridgehead atoms. The number of ether oxygens (including phenoxy) is 2. The molecular formula is C22H43NO2. The Morgan fingerprint density at radius 1 is 0.960 bits per heavy atom. The average molecular weight is 354 g/mol. The van der Waals surface area contributed by atoms with Crippen molar-refractivity contribution in [1.29, 1.82) is 0 Å². The molecule has 3 heteroatoms. The third-order valence-corrected chi connectivity index (χ3v) is 3.40.